The summed E-state index contributed by atoms with van der Waals surface area (Å²) in [4.78, 5) is 64.3. The van der Waals surface area contributed by atoms with Gasteiger partial charge in [-0.05, 0) is 51.0 Å². The van der Waals surface area contributed by atoms with Gasteiger partial charge in [-0.25, -0.2) is 28.4 Å². The first-order valence-corrected chi connectivity index (χ1v) is 32.0. The number of nitrogens with two attached hydrogens (primary N) is 5. The number of ether oxygens (including phenoxy) is 8. The van der Waals surface area contributed by atoms with Crippen LogP contribution in [-0.2, 0) is 78.1 Å². The molecule has 6 fully saturated rings. The van der Waals surface area contributed by atoms with Gasteiger partial charge in [-0.3, -0.25) is 37.0 Å². The summed E-state index contributed by atoms with van der Waals surface area (Å²) in [7, 11) is -10.1. The minimum Gasteiger partial charge on any atom is -0.858 e. The van der Waals surface area contributed by atoms with Crippen LogP contribution < -0.4 is 50.7 Å². The van der Waals surface area contributed by atoms with E-state index in [1.807, 2.05) is 0 Å². The zero-order valence-electron chi connectivity index (χ0n) is 48.9. The van der Waals surface area contributed by atoms with E-state index >= 15 is 0 Å². The van der Waals surface area contributed by atoms with Crippen LogP contribution in [0.3, 0.4) is 0 Å². The second kappa shape index (κ2) is 29.9. The number of H-pyrrole nitrogens is 1. The molecule has 0 bridgehead atoms. The number of nitrogens with zero attached hydrogens (tertiary/aromatic N) is 6. The Morgan fingerprint density at radius 2 is 1.26 bits per heavy atom. The van der Waals surface area contributed by atoms with Gasteiger partial charge in [0.25, 0.3) is 5.56 Å². The van der Waals surface area contributed by atoms with Crippen LogP contribution in [0.25, 0.3) is 0 Å². The number of unbranched alkanes of at least 4 members (excludes halogenated alkanes) is 1. The number of aromatic nitrogens is 7. The van der Waals surface area contributed by atoms with Crippen molar-refractivity contribution in [1.29, 1.82) is 0 Å². The Balaban J connectivity index is 0.755. The number of aliphatic hydroxyl groups excluding tert-OH is 8. The first-order valence-electron chi connectivity index (χ1n) is 29.1. The van der Waals surface area contributed by atoms with Crippen molar-refractivity contribution < 1.29 is 121 Å². The molecule has 0 amide bonds. The minimum absolute atomic E-state index is 0.0333. The molecule has 3 aromatic rings. The highest BCUT2D eigenvalue weighted by molar-refractivity contribution is 7.47. The second-order valence-electron chi connectivity index (χ2n) is 23.1. The van der Waals surface area contributed by atoms with Gasteiger partial charge < -0.3 is 122 Å². The quantitative estimate of drug-likeness (QED) is 0.0262. The molecule has 42 heteroatoms. The van der Waals surface area contributed by atoms with Gasteiger partial charge in [-0.1, -0.05) is 5.21 Å². The van der Waals surface area contributed by atoms with Gasteiger partial charge in [0, 0.05) is 55.6 Å². The number of phosphoric ester groups is 2. The first kappa shape index (κ1) is 71.2. The molecule has 27 atom stereocenters. The average molecular weight is 1350 g/mol. The van der Waals surface area contributed by atoms with Crippen LogP contribution in [0, 0.1) is 13.8 Å². The Bertz CT molecular complexity index is 3210. The maximum Gasteiger partial charge on any atom is 0.472 e. The molecule has 8 heterocycles. The van der Waals surface area contributed by atoms with Gasteiger partial charge in [-0.15, -0.1) is 5.10 Å². The van der Waals surface area contributed by atoms with Crippen molar-refractivity contribution in [3.63, 3.8) is 0 Å². The zero-order chi connectivity index (χ0) is 66.1. The molecule has 1 aliphatic carbocycles. The number of rotatable bonds is 26. The predicted molar refractivity (Wildman–Crippen MR) is 296 cm³/mol. The van der Waals surface area contributed by atoms with Crippen molar-refractivity contribution in [3.05, 3.63) is 66.7 Å². The molecule has 1 saturated carbocycles. The molecular formula is C49H79N12O28P2-. The molecule has 0 radical (unpaired) electrons. The molecule has 21 N–H and O–H groups in total. The highest BCUT2D eigenvalue weighted by Crippen LogP contribution is 2.51. The van der Waals surface area contributed by atoms with E-state index in [0.29, 0.717) is 12.1 Å². The molecule has 91 heavy (non-hydrogen) atoms. The zero-order valence-corrected chi connectivity index (χ0v) is 50.7. The van der Waals surface area contributed by atoms with Crippen molar-refractivity contribution in [1.82, 2.24) is 34.1 Å². The Kier molecular flexibility index (Phi) is 23.4. The molecule has 3 aromatic heterocycles. The number of aliphatic hydroxyl groups is 8. The van der Waals surface area contributed by atoms with E-state index in [0.717, 1.165) is 9.13 Å². The topological polar surface area (TPSA) is 621 Å². The fraction of sp³-hybridized carbons (Fsp3) is 0.796. The van der Waals surface area contributed by atoms with Gasteiger partial charge >= 0.3 is 27.0 Å². The highest BCUT2D eigenvalue weighted by atomic mass is 31.2. The van der Waals surface area contributed by atoms with Crippen LogP contribution in [0.15, 0.2) is 33.0 Å². The van der Waals surface area contributed by atoms with Crippen molar-refractivity contribution in [2.24, 2.45) is 28.7 Å². The van der Waals surface area contributed by atoms with E-state index in [1.165, 1.54) is 37.1 Å². The number of hydrogen-bond acceptors (Lipinski definition) is 34. The van der Waals surface area contributed by atoms with Crippen LogP contribution in [-0.4, -0.2) is 258 Å². The molecule has 0 aromatic carbocycles. The summed E-state index contributed by atoms with van der Waals surface area (Å²) >= 11 is 0. The smallest absolute Gasteiger partial charge is 0.472 e. The molecule has 9 rings (SSSR count). The van der Waals surface area contributed by atoms with Crippen LogP contribution >= 0.6 is 15.6 Å². The number of phosphoric acid groups is 2. The highest BCUT2D eigenvalue weighted by Gasteiger charge is 2.55. The SMILES string of the molecule is Cc1cn([C@H]2C[C@H](O)[C@@H](COP(=O)(O)O[C@H]3C[C@H](n4cc(C)c(=O)[nH]c4=O)O[C@@H]3COP(=O)(O)OCCCCc3cn(C[C@H]4O[C@H](O[C@H]5[C@H](O[C@@H]6O[C@H](CO)[C@@H](O[C@H]7O[C@@H](CN)[C@@H](O)[C@H](O)[C@H]7N)[C@H]6O)[C@@H](O)[C@H](N)C[C@@H]5N)[C@H](N)[C@@H](O)[C@@H]4O)nn3)O2)c(=O)nc1[O-]. The van der Waals surface area contributed by atoms with E-state index < -0.39 is 211 Å². The molecule has 5 saturated heterocycles. The van der Waals surface area contributed by atoms with Gasteiger partial charge in [0.1, 0.15) is 97.9 Å². The fourth-order valence-electron chi connectivity index (χ4n) is 11.3. The van der Waals surface area contributed by atoms with Crippen LogP contribution in [0.5, 0.6) is 5.88 Å². The van der Waals surface area contributed by atoms with Gasteiger partial charge in [0.2, 0.25) is 0 Å². The lowest BCUT2D eigenvalue weighted by atomic mass is 9.84. The standard InChI is InChI=1S/C49H80N12O28P2/c1-18-11-60(48(72)55-43(18)70)30-8-23(63)28(81-30)16-80-91(76,77)89-24-9-31(61-12-19(2)44(71)56-49(61)73)82-29(24)17-79-90(74,75)78-6-4-3-5-20-13-59(58-57-20)14-26-36(66)38(68)33(54)46(84-26)86-40-22(52)7-21(51)34(64)42(40)88-47-39(69)41(27(15-62)85-47)87-45-32(53)37(67)35(65)25(10-50)83-45/h11-13,21-42,45-47,62-69H,3-10,14-17,50-54H2,1-2H3,(H,74,75)(H,76,77)(H,55,70,72)(H,56,71,73)/p-1/t21-,22+,23+,24+,25+,26-,27-,28-,29-,30-,31-,32-,33-,34+,35-,36-,37-,38-,39-,40-,41-,42-,45-,46-,47+/m1/s1. The van der Waals surface area contributed by atoms with Crippen molar-refractivity contribution in [2.45, 2.75) is 212 Å². The average Bonchev–Trinajstić information content (AvgIpc) is 1.83. The van der Waals surface area contributed by atoms with Gasteiger partial charge in [-0.2, -0.15) is 0 Å². The summed E-state index contributed by atoms with van der Waals surface area (Å²) in [5.74, 6) is -0.752. The lowest BCUT2D eigenvalue weighted by Gasteiger charge is -2.47. The van der Waals surface area contributed by atoms with E-state index in [-0.39, 0.29) is 62.9 Å². The normalized spacial score (nSPS) is 39.3. The Hall–Kier alpha value is -4.12. The molecule has 0 spiro atoms. The fourth-order valence-corrected chi connectivity index (χ4v) is 13.0. The molecule has 6 aliphatic rings. The third-order valence-electron chi connectivity index (χ3n) is 16.5. The monoisotopic (exact) mass is 1350 g/mol. The summed E-state index contributed by atoms with van der Waals surface area (Å²) in [6.07, 6.45) is -26.1. The molecule has 5 aliphatic heterocycles. The van der Waals surface area contributed by atoms with Crippen LogP contribution in [0.2, 0.25) is 0 Å². The van der Waals surface area contributed by atoms with E-state index in [1.54, 1.807) is 0 Å². The molecular weight excluding hydrogens is 1270 g/mol. The lowest BCUT2D eigenvalue weighted by Crippen LogP contribution is -2.68. The number of hydrogen-bond donors (Lipinski definition) is 16. The largest absolute Gasteiger partial charge is 0.858 e. The Morgan fingerprint density at radius 3 is 1.96 bits per heavy atom. The van der Waals surface area contributed by atoms with Crippen molar-refractivity contribution in [2.75, 3.05) is 33.0 Å². The predicted octanol–water partition coefficient (Wildman–Crippen LogP) is -9.17. The maximum atomic E-state index is 13.4. The van der Waals surface area contributed by atoms with E-state index in [2.05, 4.69) is 20.3 Å². The minimum atomic E-state index is -5.14. The summed E-state index contributed by atoms with van der Waals surface area (Å²) in [5.41, 5.74) is 28.9. The van der Waals surface area contributed by atoms with Crippen LogP contribution in [0.1, 0.15) is 61.4 Å². The summed E-state index contributed by atoms with van der Waals surface area (Å²) < 4.78 is 98.1. The molecule has 2 unspecified atom stereocenters. The van der Waals surface area contributed by atoms with Gasteiger partial charge in [0.05, 0.1) is 63.0 Å². The molecule has 514 valence electrons. The Labute approximate surface area is 515 Å². The second-order valence-corrected chi connectivity index (χ2v) is 26.0. The maximum absolute atomic E-state index is 13.4. The summed E-state index contributed by atoms with van der Waals surface area (Å²) in [5, 5.41) is 107. The van der Waals surface area contributed by atoms with E-state index in [9.17, 15) is 79.3 Å². The third-order valence-corrected chi connectivity index (χ3v) is 18.5. The third kappa shape index (κ3) is 16.6. The number of aryl methyl sites for hydroxylation is 3. The Morgan fingerprint density at radius 1 is 0.659 bits per heavy atom. The van der Waals surface area contributed by atoms with Crippen molar-refractivity contribution >= 4 is 15.6 Å². The van der Waals surface area contributed by atoms with Crippen molar-refractivity contribution in [3.8, 4) is 5.88 Å². The van der Waals surface area contributed by atoms with E-state index in [4.69, 9.17) is 84.7 Å². The summed E-state index contributed by atoms with van der Waals surface area (Å²) in [6, 6.07) is -4.76. The number of aromatic amines is 1. The first-order chi connectivity index (χ1) is 43.0. The lowest BCUT2D eigenvalue weighted by molar-refractivity contribution is -0.309. The molecule has 40 nitrogen and oxygen atoms in total. The number of nitrogens with one attached hydrogen (secondary N) is 1. The summed E-state index contributed by atoms with van der Waals surface area (Å²) in [6.45, 7) is -0.304. The van der Waals surface area contributed by atoms with Crippen LogP contribution in [0.4, 0.5) is 0 Å². The van der Waals surface area contributed by atoms with Gasteiger partial charge in [0.15, 0.2) is 18.9 Å².